The van der Waals surface area contributed by atoms with E-state index in [4.69, 9.17) is 10.5 Å². The van der Waals surface area contributed by atoms with Crippen molar-refractivity contribution in [3.63, 3.8) is 0 Å². The third-order valence-corrected chi connectivity index (χ3v) is 4.12. The molecular weight excluding hydrogens is 227 g/mol. The molecule has 2 atom stereocenters. The van der Waals surface area contributed by atoms with Gasteiger partial charge in [0.1, 0.15) is 0 Å². The molecule has 2 heterocycles. The fraction of sp³-hybridized carbons (Fsp3) is 0.538. The van der Waals surface area contributed by atoms with Crippen LogP contribution in [0.4, 0.5) is 5.69 Å². The second-order valence-electron chi connectivity index (χ2n) is 5.57. The molecule has 1 aromatic carbocycles. The number of nitrogens with two attached hydrogens (primary N) is 1. The lowest BCUT2D eigenvalue weighted by atomic mass is 9.84. The van der Waals surface area contributed by atoms with E-state index < -0.39 is 0 Å². The normalized spacial score (nSPS) is 30.9. The summed E-state index contributed by atoms with van der Waals surface area (Å²) in [5, 5.41) is 9.74. The Balaban J connectivity index is 1.75. The first-order chi connectivity index (χ1) is 8.58. The summed E-state index contributed by atoms with van der Waals surface area (Å²) in [6, 6.07) is 8.36. The predicted molar refractivity (Wildman–Crippen MR) is 72.2 cm³/mol. The van der Waals surface area contributed by atoms with Gasteiger partial charge in [0, 0.05) is 24.7 Å². The van der Waals surface area contributed by atoms with Crippen molar-refractivity contribution in [3.05, 3.63) is 29.8 Å². The minimum absolute atomic E-state index is 0.113. The quantitative estimate of drug-likeness (QED) is 0.610. The molecule has 2 aliphatic heterocycles. The first-order valence-corrected chi connectivity index (χ1v) is 6.50. The largest absolute Gasteiger partial charge is 0.437 e. The van der Waals surface area contributed by atoms with Gasteiger partial charge in [0.15, 0.2) is 0 Å². The van der Waals surface area contributed by atoms with Crippen LogP contribution in [0.25, 0.3) is 0 Å². The first-order valence-electron chi connectivity index (χ1n) is 6.50. The van der Waals surface area contributed by atoms with Gasteiger partial charge in [-0.1, -0.05) is 12.1 Å². The maximum absolute atomic E-state index is 9.74. The van der Waals surface area contributed by atoms with Crippen LogP contribution >= 0.6 is 0 Å². The van der Waals surface area contributed by atoms with E-state index in [2.05, 4.69) is 16.9 Å². The molecule has 0 spiro atoms. The lowest BCUT2D eigenvalue weighted by molar-refractivity contribution is -0.0285. The fourth-order valence-electron chi connectivity index (χ4n) is 3.23. The van der Waals surface area contributed by atoms with Gasteiger partial charge in [0.05, 0.1) is 12.2 Å². The van der Waals surface area contributed by atoms with Crippen molar-refractivity contribution >= 4 is 12.7 Å². The summed E-state index contributed by atoms with van der Waals surface area (Å²) in [4.78, 5) is 2.14. The Bertz CT molecular complexity index is 437. The van der Waals surface area contributed by atoms with Crippen molar-refractivity contribution in [3.8, 4) is 0 Å². The summed E-state index contributed by atoms with van der Waals surface area (Å²) in [5.41, 5.74) is 7.62. The Hall–Kier alpha value is -1.04. The molecule has 1 aromatic rings. The van der Waals surface area contributed by atoms with Crippen molar-refractivity contribution in [1.82, 2.24) is 4.81 Å². The molecule has 2 bridgehead atoms. The van der Waals surface area contributed by atoms with Gasteiger partial charge in [-0.2, -0.15) is 0 Å². The summed E-state index contributed by atoms with van der Waals surface area (Å²) in [5.74, 6) is 0. The Kier molecular flexibility index (Phi) is 2.85. The lowest BCUT2D eigenvalue weighted by Gasteiger charge is -2.33. The van der Waals surface area contributed by atoms with Crippen molar-refractivity contribution in [2.24, 2.45) is 0 Å². The van der Waals surface area contributed by atoms with Crippen molar-refractivity contribution < 1.29 is 9.76 Å². The van der Waals surface area contributed by atoms with Crippen LogP contribution in [0.15, 0.2) is 24.3 Å². The molecule has 0 radical (unpaired) electrons. The molecule has 0 amide bonds. The molecule has 2 saturated heterocycles. The zero-order valence-electron chi connectivity index (χ0n) is 10.7. The van der Waals surface area contributed by atoms with Crippen LogP contribution in [-0.4, -0.2) is 41.7 Å². The van der Waals surface area contributed by atoms with Gasteiger partial charge < -0.3 is 20.3 Å². The van der Waals surface area contributed by atoms with Gasteiger partial charge in [-0.25, -0.2) is 0 Å². The monoisotopic (exact) mass is 246 g/mol. The van der Waals surface area contributed by atoms with E-state index in [0.717, 1.165) is 31.7 Å². The second kappa shape index (κ2) is 4.26. The van der Waals surface area contributed by atoms with E-state index in [1.54, 1.807) is 0 Å². The van der Waals surface area contributed by atoms with E-state index >= 15 is 0 Å². The Labute approximate surface area is 108 Å². The van der Waals surface area contributed by atoms with Crippen molar-refractivity contribution in [2.45, 2.75) is 31.3 Å². The molecule has 4 nitrogen and oxygen atoms in total. The molecule has 3 rings (SSSR count). The highest BCUT2D eigenvalue weighted by molar-refractivity contribution is 6.45. The van der Waals surface area contributed by atoms with Crippen molar-refractivity contribution in [1.29, 1.82) is 0 Å². The number of morpholine rings is 1. The zero-order valence-corrected chi connectivity index (χ0v) is 10.7. The van der Waals surface area contributed by atoms with Crippen LogP contribution in [0.5, 0.6) is 0 Å². The number of fused-ring (bicyclic) bond motifs is 2. The third kappa shape index (κ3) is 2.02. The van der Waals surface area contributed by atoms with E-state index in [0.29, 0.717) is 6.04 Å². The minimum atomic E-state index is -0.382. The highest BCUT2D eigenvalue weighted by atomic mass is 16.5. The van der Waals surface area contributed by atoms with E-state index in [-0.39, 0.29) is 12.7 Å². The summed E-state index contributed by atoms with van der Waals surface area (Å²) in [7, 11) is -0.382. The number of hydrogen-bond acceptors (Lipinski definition) is 4. The second-order valence-corrected chi connectivity index (χ2v) is 5.57. The topological polar surface area (TPSA) is 58.7 Å². The van der Waals surface area contributed by atoms with Gasteiger partial charge >= 0.3 is 7.05 Å². The van der Waals surface area contributed by atoms with E-state index in [9.17, 15) is 5.02 Å². The fourth-order valence-corrected chi connectivity index (χ4v) is 3.23. The maximum atomic E-state index is 9.74. The Morgan fingerprint density at radius 3 is 2.83 bits per heavy atom. The smallest absolute Gasteiger partial charge is 0.376 e. The van der Waals surface area contributed by atoms with Gasteiger partial charge in [-0.15, -0.1) is 0 Å². The Morgan fingerprint density at radius 1 is 1.50 bits per heavy atom. The molecule has 0 saturated carbocycles. The molecule has 0 aliphatic carbocycles. The van der Waals surface area contributed by atoms with Crippen LogP contribution in [0.1, 0.15) is 12.0 Å². The number of anilines is 1. The van der Waals surface area contributed by atoms with E-state index in [1.165, 1.54) is 5.56 Å². The summed E-state index contributed by atoms with van der Waals surface area (Å²) < 4.78 is 5.97. The van der Waals surface area contributed by atoms with Gasteiger partial charge in [0.2, 0.25) is 0 Å². The average Bonchev–Trinajstić information content (AvgIpc) is 2.90. The van der Waals surface area contributed by atoms with Gasteiger partial charge in [-0.3, -0.25) is 0 Å². The highest BCUT2D eigenvalue weighted by Crippen LogP contribution is 2.40. The summed E-state index contributed by atoms with van der Waals surface area (Å²) >= 11 is 0. The molecule has 0 unspecified atom stereocenters. The van der Waals surface area contributed by atoms with E-state index in [1.807, 2.05) is 19.0 Å². The first kappa shape index (κ1) is 12.0. The lowest BCUT2D eigenvalue weighted by Crippen LogP contribution is -2.49. The molecular formula is C13H19BN2O2. The maximum Gasteiger partial charge on any atom is 0.376 e. The molecule has 3 N–H and O–H groups in total. The zero-order chi connectivity index (χ0) is 12.8. The van der Waals surface area contributed by atoms with Crippen molar-refractivity contribution in [2.75, 3.05) is 18.9 Å². The molecule has 2 fully saturated rings. The summed E-state index contributed by atoms with van der Waals surface area (Å²) in [6.45, 7) is 3.39. The highest BCUT2D eigenvalue weighted by Gasteiger charge is 2.52. The van der Waals surface area contributed by atoms with Gasteiger partial charge in [0.25, 0.3) is 0 Å². The number of rotatable bonds is 3. The number of benzene rings is 1. The molecule has 5 heteroatoms. The number of nitrogens with zero attached hydrogens (tertiary/aromatic N) is 1. The van der Waals surface area contributed by atoms with Crippen LogP contribution in [0.2, 0.25) is 6.82 Å². The van der Waals surface area contributed by atoms with Crippen LogP contribution in [0.3, 0.4) is 0 Å². The number of hydrogen-bond donors (Lipinski definition) is 2. The predicted octanol–water partition coefficient (Wildman–Crippen LogP) is 0.765. The molecule has 0 aromatic heterocycles. The van der Waals surface area contributed by atoms with Crippen LogP contribution < -0.4 is 5.73 Å². The Morgan fingerprint density at radius 2 is 2.22 bits per heavy atom. The van der Waals surface area contributed by atoms with Gasteiger partial charge in [-0.05, 0) is 30.9 Å². The minimum Gasteiger partial charge on any atom is -0.437 e. The molecule has 18 heavy (non-hydrogen) atoms. The number of nitrogen functional groups attached to an aromatic ring is 1. The number of ether oxygens (including phenoxy) is 1. The van der Waals surface area contributed by atoms with Crippen LogP contribution in [0, 0.1) is 0 Å². The van der Waals surface area contributed by atoms with Crippen LogP contribution in [-0.2, 0) is 11.2 Å². The standard InChI is InChI=1S/C13H19BN2O2/c1-14(17)16-9-13(7-12(16)8-18-13)6-10-2-4-11(15)5-3-10/h2-5,12,17H,6-9,15H2,1H3/t12-,13-/m0/s1. The summed E-state index contributed by atoms with van der Waals surface area (Å²) in [6.07, 6.45) is 1.91. The molecule has 2 aliphatic rings. The molecule has 96 valence electrons. The average molecular weight is 246 g/mol. The third-order valence-electron chi connectivity index (χ3n) is 4.12. The SMILES string of the molecule is CB(O)N1C[C@]2(Cc3ccc(N)cc3)C[C@H]1CO2.